The predicted molar refractivity (Wildman–Crippen MR) is 93.9 cm³/mol. The highest BCUT2D eigenvalue weighted by Crippen LogP contribution is 2.24. The van der Waals surface area contributed by atoms with E-state index in [4.69, 9.17) is 14.0 Å². The van der Waals surface area contributed by atoms with Crippen LogP contribution in [-0.2, 0) is 4.74 Å². The number of hydrogen-bond donors (Lipinski definition) is 0. The lowest BCUT2D eigenvalue weighted by molar-refractivity contribution is 0.163. The lowest BCUT2D eigenvalue weighted by atomic mass is 10.1. The molecule has 1 aromatic heterocycles. The van der Waals surface area contributed by atoms with Gasteiger partial charge in [-0.3, -0.25) is 4.90 Å². The first-order chi connectivity index (χ1) is 12.3. The molecule has 25 heavy (non-hydrogen) atoms. The summed E-state index contributed by atoms with van der Waals surface area (Å²) in [7, 11) is 1.65. The normalized spacial score (nSPS) is 21.6. The van der Waals surface area contributed by atoms with E-state index in [0.29, 0.717) is 17.8 Å². The summed E-state index contributed by atoms with van der Waals surface area (Å²) < 4.78 is 16.2. The SMILES string of the molecule is COc1cccc(-c2noc(N3CCN(CC4CCOC4)CC3)n2)c1. The van der Waals surface area contributed by atoms with Gasteiger partial charge in [-0.15, -0.1) is 0 Å². The molecule has 2 aromatic rings. The van der Waals surface area contributed by atoms with Gasteiger partial charge in [0.1, 0.15) is 5.75 Å². The van der Waals surface area contributed by atoms with Crippen LogP contribution in [0.4, 0.5) is 6.01 Å². The molecule has 2 fully saturated rings. The van der Waals surface area contributed by atoms with Crippen LogP contribution in [0.5, 0.6) is 5.75 Å². The zero-order chi connectivity index (χ0) is 17.1. The maximum atomic E-state index is 5.49. The Labute approximate surface area is 147 Å². The fourth-order valence-electron chi connectivity index (χ4n) is 3.44. The third kappa shape index (κ3) is 3.77. The minimum absolute atomic E-state index is 0.597. The van der Waals surface area contributed by atoms with Crippen LogP contribution in [0.15, 0.2) is 28.8 Å². The van der Waals surface area contributed by atoms with Crippen LogP contribution in [0.3, 0.4) is 0 Å². The summed E-state index contributed by atoms with van der Waals surface area (Å²) in [5, 5.41) is 4.13. The van der Waals surface area contributed by atoms with Gasteiger partial charge in [0.15, 0.2) is 0 Å². The Morgan fingerprint density at radius 2 is 2.12 bits per heavy atom. The van der Waals surface area contributed by atoms with Crippen LogP contribution in [0.25, 0.3) is 11.4 Å². The Morgan fingerprint density at radius 1 is 1.24 bits per heavy atom. The summed E-state index contributed by atoms with van der Waals surface area (Å²) in [6.45, 7) is 6.82. The van der Waals surface area contributed by atoms with E-state index in [-0.39, 0.29) is 0 Å². The highest BCUT2D eigenvalue weighted by molar-refractivity contribution is 5.58. The van der Waals surface area contributed by atoms with Crippen molar-refractivity contribution < 1.29 is 14.0 Å². The Balaban J connectivity index is 1.36. The number of benzene rings is 1. The van der Waals surface area contributed by atoms with Gasteiger partial charge in [-0.1, -0.05) is 17.3 Å². The minimum Gasteiger partial charge on any atom is -0.497 e. The average molecular weight is 344 g/mol. The topological polar surface area (TPSA) is 63.9 Å². The maximum Gasteiger partial charge on any atom is 0.324 e. The molecule has 1 unspecified atom stereocenters. The molecule has 4 rings (SSSR count). The molecule has 2 aliphatic heterocycles. The number of piperazine rings is 1. The Hall–Kier alpha value is -2.12. The second-order valence-corrected chi connectivity index (χ2v) is 6.65. The molecule has 1 atom stereocenters. The van der Waals surface area contributed by atoms with Crippen molar-refractivity contribution in [3.8, 4) is 17.1 Å². The lowest BCUT2D eigenvalue weighted by Gasteiger charge is -2.34. The van der Waals surface area contributed by atoms with E-state index < -0.39 is 0 Å². The minimum atomic E-state index is 0.597. The molecule has 0 amide bonds. The number of hydrogen-bond acceptors (Lipinski definition) is 7. The number of methoxy groups -OCH3 is 1. The van der Waals surface area contributed by atoms with Crippen molar-refractivity contribution in [3.05, 3.63) is 24.3 Å². The Morgan fingerprint density at radius 3 is 2.88 bits per heavy atom. The monoisotopic (exact) mass is 344 g/mol. The number of ether oxygens (including phenoxy) is 2. The van der Waals surface area contributed by atoms with Crippen molar-refractivity contribution in [3.63, 3.8) is 0 Å². The number of anilines is 1. The van der Waals surface area contributed by atoms with Crippen molar-refractivity contribution in [2.24, 2.45) is 5.92 Å². The van der Waals surface area contributed by atoms with E-state index in [1.165, 1.54) is 6.42 Å². The second-order valence-electron chi connectivity index (χ2n) is 6.65. The average Bonchev–Trinajstić information content (AvgIpc) is 3.34. The molecular weight excluding hydrogens is 320 g/mol. The molecule has 0 saturated carbocycles. The van der Waals surface area contributed by atoms with E-state index in [1.54, 1.807) is 7.11 Å². The lowest BCUT2D eigenvalue weighted by Crippen LogP contribution is -2.48. The highest BCUT2D eigenvalue weighted by atomic mass is 16.5. The molecule has 0 bridgehead atoms. The van der Waals surface area contributed by atoms with E-state index in [1.807, 2.05) is 24.3 Å². The van der Waals surface area contributed by atoms with Gasteiger partial charge < -0.3 is 18.9 Å². The summed E-state index contributed by atoms with van der Waals surface area (Å²) in [4.78, 5) is 9.24. The fourth-order valence-corrected chi connectivity index (χ4v) is 3.44. The van der Waals surface area contributed by atoms with Crippen molar-refractivity contribution in [2.75, 3.05) is 57.9 Å². The molecule has 0 aliphatic carbocycles. The molecule has 7 heteroatoms. The van der Waals surface area contributed by atoms with E-state index >= 15 is 0 Å². The van der Waals surface area contributed by atoms with Gasteiger partial charge in [-0.2, -0.15) is 4.98 Å². The van der Waals surface area contributed by atoms with Crippen molar-refractivity contribution >= 4 is 6.01 Å². The predicted octanol–water partition coefficient (Wildman–Crippen LogP) is 1.90. The van der Waals surface area contributed by atoms with E-state index in [9.17, 15) is 0 Å². The van der Waals surface area contributed by atoms with Crippen LogP contribution in [0.1, 0.15) is 6.42 Å². The highest BCUT2D eigenvalue weighted by Gasteiger charge is 2.25. The Bertz CT molecular complexity index is 691. The van der Waals surface area contributed by atoms with E-state index in [0.717, 1.165) is 57.3 Å². The molecule has 0 N–H and O–H groups in total. The van der Waals surface area contributed by atoms with Crippen LogP contribution in [-0.4, -0.2) is 68.1 Å². The quantitative estimate of drug-likeness (QED) is 0.821. The third-order valence-electron chi connectivity index (χ3n) is 4.93. The first kappa shape index (κ1) is 16.4. The zero-order valence-electron chi connectivity index (χ0n) is 14.6. The van der Waals surface area contributed by atoms with Crippen LogP contribution in [0.2, 0.25) is 0 Å². The largest absolute Gasteiger partial charge is 0.497 e. The van der Waals surface area contributed by atoms with Gasteiger partial charge in [0.05, 0.1) is 13.7 Å². The van der Waals surface area contributed by atoms with Crippen molar-refractivity contribution in [1.82, 2.24) is 15.0 Å². The van der Waals surface area contributed by atoms with Gasteiger partial charge in [0.25, 0.3) is 0 Å². The molecule has 2 aliphatic rings. The summed E-state index contributed by atoms with van der Waals surface area (Å²) in [6.07, 6.45) is 1.19. The van der Waals surface area contributed by atoms with E-state index in [2.05, 4.69) is 19.9 Å². The van der Waals surface area contributed by atoms with Crippen LogP contribution < -0.4 is 9.64 Å². The molecule has 7 nitrogen and oxygen atoms in total. The first-order valence-corrected chi connectivity index (χ1v) is 8.85. The molecule has 2 saturated heterocycles. The van der Waals surface area contributed by atoms with Crippen LogP contribution in [0, 0.1) is 5.92 Å². The van der Waals surface area contributed by atoms with Gasteiger partial charge in [0, 0.05) is 44.9 Å². The standard InChI is InChI=1S/C18H24N4O3/c1-23-16-4-2-3-15(11-16)17-19-18(25-20-17)22-8-6-21(7-9-22)12-14-5-10-24-13-14/h2-4,11,14H,5-10,12-13H2,1H3. The van der Waals surface area contributed by atoms with Gasteiger partial charge in [0.2, 0.25) is 5.82 Å². The molecule has 1 aromatic carbocycles. The maximum absolute atomic E-state index is 5.49. The zero-order valence-corrected chi connectivity index (χ0v) is 14.6. The first-order valence-electron chi connectivity index (χ1n) is 8.85. The molecule has 0 radical (unpaired) electrons. The fraction of sp³-hybridized carbons (Fsp3) is 0.556. The van der Waals surface area contributed by atoms with Crippen molar-refractivity contribution in [2.45, 2.75) is 6.42 Å². The molecule has 0 spiro atoms. The number of aromatic nitrogens is 2. The third-order valence-corrected chi connectivity index (χ3v) is 4.93. The smallest absolute Gasteiger partial charge is 0.324 e. The Kier molecular flexibility index (Phi) is 4.85. The van der Waals surface area contributed by atoms with Crippen LogP contribution >= 0.6 is 0 Å². The summed E-state index contributed by atoms with van der Waals surface area (Å²) in [5.74, 6) is 2.07. The number of rotatable bonds is 5. The van der Waals surface area contributed by atoms with Crippen molar-refractivity contribution in [1.29, 1.82) is 0 Å². The van der Waals surface area contributed by atoms with Gasteiger partial charge in [-0.05, 0) is 24.5 Å². The second kappa shape index (κ2) is 7.41. The summed E-state index contributed by atoms with van der Waals surface area (Å²) in [5.41, 5.74) is 0.897. The molecular formula is C18H24N4O3. The molecule has 134 valence electrons. The summed E-state index contributed by atoms with van der Waals surface area (Å²) in [6, 6.07) is 8.30. The molecule has 3 heterocycles. The number of nitrogens with zero attached hydrogens (tertiary/aromatic N) is 4. The van der Waals surface area contributed by atoms with Gasteiger partial charge in [-0.25, -0.2) is 0 Å². The summed E-state index contributed by atoms with van der Waals surface area (Å²) >= 11 is 0. The van der Waals surface area contributed by atoms with Gasteiger partial charge >= 0.3 is 6.01 Å².